The fourth-order valence-corrected chi connectivity index (χ4v) is 2.58. The maximum absolute atomic E-state index is 12.5. The molecule has 1 N–H and O–H groups in total. The summed E-state index contributed by atoms with van der Waals surface area (Å²) in [5.41, 5.74) is 1.12. The highest BCUT2D eigenvalue weighted by Gasteiger charge is 2.34. The fraction of sp³-hybridized carbons (Fsp3) is 0.615. The van der Waals surface area contributed by atoms with Gasteiger partial charge in [0.05, 0.1) is 12.4 Å². The van der Waals surface area contributed by atoms with Crippen LogP contribution in [0.1, 0.15) is 23.8 Å². The molecule has 1 fully saturated rings. The normalized spacial score (nSPS) is 27.6. The molecule has 1 aromatic rings. The van der Waals surface area contributed by atoms with E-state index in [-0.39, 0.29) is 18.1 Å². The Labute approximate surface area is 106 Å². The number of nitrogens with zero attached hydrogens (tertiary/aromatic N) is 1. The molecule has 1 aromatic heterocycles. The number of fused-ring (bicyclic) bond motifs is 1. The number of nitrogens with one attached hydrogen (secondary N) is 1. The van der Waals surface area contributed by atoms with E-state index in [1.807, 2.05) is 11.0 Å². The van der Waals surface area contributed by atoms with Crippen molar-refractivity contribution in [3.8, 4) is 0 Å². The summed E-state index contributed by atoms with van der Waals surface area (Å²) in [5.74, 6) is 0.848. The summed E-state index contributed by atoms with van der Waals surface area (Å²) in [6.45, 7) is 2.26. The van der Waals surface area contributed by atoms with Gasteiger partial charge in [0.1, 0.15) is 11.8 Å². The first-order valence-corrected chi connectivity index (χ1v) is 6.43. The Balaban J connectivity index is 1.79. The number of carbonyl (C=O) groups excluding carboxylic acids is 1. The molecule has 18 heavy (non-hydrogen) atoms. The number of hydrogen-bond donors (Lipinski definition) is 1. The lowest BCUT2D eigenvalue weighted by Gasteiger charge is -2.33. The van der Waals surface area contributed by atoms with E-state index in [1.165, 1.54) is 0 Å². The van der Waals surface area contributed by atoms with Gasteiger partial charge in [0.15, 0.2) is 0 Å². The van der Waals surface area contributed by atoms with E-state index >= 15 is 0 Å². The van der Waals surface area contributed by atoms with Crippen LogP contribution in [0.3, 0.4) is 0 Å². The molecule has 3 heterocycles. The number of likely N-dealkylation sites (N-methyl/N-ethyl adjacent to an activating group) is 1. The Morgan fingerprint density at radius 2 is 2.39 bits per heavy atom. The molecule has 1 saturated heterocycles. The molecule has 2 aliphatic heterocycles. The summed E-state index contributed by atoms with van der Waals surface area (Å²) in [7, 11) is 1.79. The number of amides is 1. The van der Waals surface area contributed by atoms with Crippen LogP contribution >= 0.6 is 0 Å². The minimum absolute atomic E-state index is 0.0849. The second-order valence-corrected chi connectivity index (χ2v) is 4.85. The maximum Gasteiger partial charge on any atom is 0.247 e. The second kappa shape index (κ2) is 4.74. The third kappa shape index (κ3) is 1.93. The van der Waals surface area contributed by atoms with Crippen LogP contribution in [-0.4, -0.2) is 43.7 Å². The van der Waals surface area contributed by atoms with Gasteiger partial charge in [-0.05, 0) is 31.5 Å². The van der Waals surface area contributed by atoms with Crippen molar-refractivity contribution < 1.29 is 13.9 Å². The largest absolute Gasteiger partial charge is 0.467 e. The molecule has 1 amide bonds. The van der Waals surface area contributed by atoms with Crippen molar-refractivity contribution in [2.45, 2.75) is 25.0 Å². The molecule has 98 valence electrons. The standard InChI is InChI=1S/C13H18N2O3/c1-14-11-12-9(3-6-18-12)2-5-15(13(11)16)8-10-4-7-17-10/h3,6,10-11,14H,2,4-5,7-8H2,1H3. The minimum atomic E-state index is -0.363. The van der Waals surface area contributed by atoms with E-state index < -0.39 is 0 Å². The molecule has 2 atom stereocenters. The Hall–Kier alpha value is -1.33. The number of hydrogen-bond acceptors (Lipinski definition) is 4. The first-order chi connectivity index (χ1) is 8.79. The molecule has 5 heteroatoms. The lowest BCUT2D eigenvalue weighted by atomic mass is 10.1. The fourth-order valence-electron chi connectivity index (χ4n) is 2.58. The van der Waals surface area contributed by atoms with E-state index in [9.17, 15) is 4.79 Å². The Kier molecular flexibility index (Phi) is 3.09. The Morgan fingerprint density at radius 1 is 1.56 bits per heavy atom. The van der Waals surface area contributed by atoms with Crippen molar-refractivity contribution in [3.63, 3.8) is 0 Å². The van der Waals surface area contributed by atoms with Gasteiger partial charge in [0.25, 0.3) is 0 Å². The molecule has 0 bridgehead atoms. The lowest BCUT2D eigenvalue weighted by Crippen LogP contribution is -2.46. The summed E-state index contributed by atoms with van der Waals surface area (Å²) in [6.07, 6.45) is 3.78. The third-order valence-corrected chi connectivity index (χ3v) is 3.76. The van der Waals surface area contributed by atoms with Crippen LogP contribution < -0.4 is 5.32 Å². The molecular weight excluding hydrogens is 232 g/mol. The SMILES string of the molecule is CNC1C(=O)N(CC2CCO2)CCc2ccoc21. The molecule has 3 rings (SSSR count). The van der Waals surface area contributed by atoms with Crippen molar-refractivity contribution in [2.24, 2.45) is 0 Å². The van der Waals surface area contributed by atoms with Gasteiger partial charge in [-0.25, -0.2) is 0 Å². The molecule has 0 aromatic carbocycles. The Bertz CT molecular complexity index is 439. The molecule has 2 unspecified atom stereocenters. The molecule has 0 saturated carbocycles. The topological polar surface area (TPSA) is 54.7 Å². The summed E-state index contributed by atoms with van der Waals surface area (Å²) < 4.78 is 10.9. The quantitative estimate of drug-likeness (QED) is 0.858. The predicted molar refractivity (Wildman–Crippen MR) is 65.1 cm³/mol. The van der Waals surface area contributed by atoms with Gasteiger partial charge >= 0.3 is 0 Å². The van der Waals surface area contributed by atoms with Crippen LogP contribution in [0.5, 0.6) is 0 Å². The van der Waals surface area contributed by atoms with Gasteiger partial charge in [-0.2, -0.15) is 0 Å². The monoisotopic (exact) mass is 250 g/mol. The van der Waals surface area contributed by atoms with Crippen LogP contribution in [0.4, 0.5) is 0 Å². The summed E-state index contributed by atoms with van der Waals surface area (Å²) >= 11 is 0. The third-order valence-electron chi connectivity index (χ3n) is 3.76. The van der Waals surface area contributed by atoms with E-state index in [0.717, 1.165) is 37.3 Å². The lowest BCUT2D eigenvalue weighted by molar-refractivity contribution is -0.139. The van der Waals surface area contributed by atoms with E-state index in [0.29, 0.717) is 6.54 Å². The molecular formula is C13H18N2O3. The second-order valence-electron chi connectivity index (χ2n) is 4.85. The van der Waals surface area contributed by atoms with Crippen LogP contribution in [0.25, 0.3) is 0 Å². The average molecular weight is 250 g/mol. The minimum Gasteiger partial charge on any atom is -0.467 e. The number of ether oxygens (including phenoxy) is 1. The number of carbonyl (C=O) groups is 1. The van der Waals surface area contributed by atoms with Gasteiger partial charge in [0.2, 0.25) is 5.91 Å². The highest BCUT2D eigenvalue weighted by molar-refractivity contribution is 5.83. The average Bonchev–Trinajstić information content (AvgIpc) is 2.72. The van der Waals surface area contributed by atoms with E-state index in [4.69, 9.17) is 9.15 Å². The van der Waals surface area contributed by atoms with Crippen LogP contribution in [0.15, 0.2) is 16.7 Å². The summed E-state index contributed by atoms with van der Waals surface area (Å²) in [5, 5.41) is 3.05. The molecule has 0 spiro atoms. The number of furan rings is 1. The maximum atomic E-state index is 12.5. The highest BCUT2D eigenvalue weighted by atomic mass is 16.5. The molecule has 0 aliphatic carbocycles. The molecule has 0 radical (unpaired) electrons. The van der Waals surface area contributed by atoms with Crippen LogP contribution in [0.2, 0.25) is 0 Å². The summed E-state index contributed by atoms with van der Waals surface area (Å²) in [4.78, 5) is 14.4. The highest BCUT2D eigenvalue weighted by Crippen LogP contribution is 2.26. The van der Waals surface area contributed by atoms with E-state index in [1.54, 1.807) is 13.3 Å². The van der Waals surface area contributed by atoms with Gasteiger partial charge in [0, 0.05) is 19.7 Å². The van der Waals surface area contributed by atoms with Gasteiger partial charge in [-0.15, -0.1) is 0 Å². The first-order valence-electron chi connectivity index (χ1n) is 6.43. The zero-order valence-corrected chi connectivity index (χ0v) is 10.5. The van der Waals surface area contributed by atoms with Crippen molar-refractivity contribution in [1.82, 2.24) is 10.2 Å². The van der Waals surface area contributed by atoms with Crippen LogP contribution in [0, 0.1) is 0 Å². The van der Waals surface area contributed by atoms with Crippen molar-refractivity contribution >= 4 is 5.91 Å². The van der Waals surface area contributed by atoms with Crippen molar-refractivity contribution in [3.05, 3.63) is 23.7 Å². The Morgan fingerprint density at radius 3 is 3.06 bits per heavy atom. The van der Waals surface area contributed by atoms with Crippen molar-refractivity contribution in [2.75, 3.05) is 26.7 Å². The van der Waals surface area contributed by atoms with E-state index in [2.05, 4.69) is 5.32 Å². The zero-order valence-electron chi connectivity index (χ0n) is 10.5. The first kappa shape index (κ1) is 11.7. The van der Waals surface area contributed by atoms with Gasteiger partial charge < -0.3 is 19.4 Å². The van der Waals surface area contributed by atoms with Gasteiger partial charge in [-0.3, -0.25) is 4.79 Å². The van der Waals surface area contributed by atoms with Gasteiger partial charge in [-0.1, -0.05) is 0 Å². The summed E-state index contributed by atoms with van der Waals surface area (Å²) in [6, 6.07) is 1.59. The van der Waals surface area contributed by atoms with Crippen molar-refractivity contribution in [1.29, 1.82) is 0 Å². The number of rotatable bonds is 3. The smallest absolute Gasteiger partial charge is 0.247 e. The molecule has 2 aliphatic rings. The predicted octanol–water partition coefficient (Wildman–Crippen LogP) is 0.714. The molecule has 5 nitrogen and oxygen atoms in total. The van der Waals surface area contributed by atoms with Crippen LogP contribution in [-0.2, 0) is 16.0 Å². The zero-order chi connectivity index (χ0) is 12.5.